The van der Waals surface area contributed by atoms with Crippen LogP contribution in [0.15, 0.2) is 34.6 Å². The fraction of sp³-hybridized carbons (Fsp3) is 0.294. The topological polar surface area (TPSA) is 89.4 Å². The first-order valence-corrected chi connectivity index (χ1v) is 7.21. The van der Waals surface area contributed by atoms with Gasteiger partial charge in [-0.3, -0.25) is 10.1 Å². The van der Waals surface area contributed by atoms with Crippen LogP contribution >= 0.6 is 0 Å². The fourth-order valence-electron chi connectivity index (χ4n) is 3.08. The number of aliphatic imine (C=N–C) groups is 1. The van der Waals surface area contributed by atoms with Crippen LogP contribution in [0.4, 0.5) is 0 Å². The molecule has 114 valence electrons. The van der Waals surface area contributed by atoms with E-state index in [-0.39, 0.29) is 12.5 Å². The number of H-pyrrole nitrogens is 1. The van der Waals surface area contributed by atoms with Crippen LogP contribution in [0.1, 0.15) is 31.0 Å². The summed E-state index contributed by atoms with van der Waals surface area (Å²) in [6, 6.07) is 7.90. The van der Waals surface area contributed by atoms with Crippen molar-refractivity contribution in [2.24, 2.45) is 10.9 Å². The minimum Gasteiger partial charge on any atom is -0.390 e. The molecule has 0 bridgehead atoms. The lowest BCUT2D eigenvalue weighted by Gasteiger charge is -2.26. The van der Waals surface area contributed by atoms with Crippen molar-refractivity contribution in [3.63, 3.8) is 0 Å². The molecule has 0 radical (unpaired) electrons. The Morgan fingerprint density at radius 1 is 1.43 bits per heavy atom. The zero-order valence-electron chi connectivity index (χ0n) is 12.8. The summed E-state index contributed by atoms with van der Waals surface area (Å²) in [7, 11) is 0. The first-order valence-electron chi connectivity index (χ1n) is 7.21. The van der Waals surface area contributed by atoms with E-state index >= 15 is 0 Å². The fourth-order valence-corrected chi connectivity index (χ4v) is 3.08. The minimum absolute atomic E-state index is 0.142. The lowest BCUT2D eigenvalue weighted by atomic mass is 9.79. The van der Waals surface area contributed by atoms with Gasteiger partial charge in [0.25, 0.3) is 0 Å². The molecule has 2 N–H and O–H groups in total. The summed E-state index contributed by atoms with van der Waals surface area (Å²) in [5, 5.41) is 26.7. The average molecular weight is 305 g/mol. The van der Waals surface area contributed by atoms with Crippen molar-refractivity contribution in [2.75, 3.05) is 0 Å². The second-order valence-electron chi connectivity index (χ2n) is 5.56. The number of aromatic nitrogens is 2. The number of allylic oxidation sites excluding steroid dienone is 2. The molecule has 6 heteroatoms. The normalized spacial score (nSPS) is 21.0. The molecule has 1 aromatic carbocycles. The smallest absolute Gasteiger partial charge is 0.195 e. The summed E-state index contributed by atoms with van der Waals surface area (Å²) >= 11 is 0. The zero-order chi connectivity index (χ0) is 16.6. The first-order chi connectivity index (χ1) is 11.1. The van der Waals surface area contributed by atoms with Crippen molar-refractivity contribution >= 4 is 16.6 Å². The van der Waals surface area contributed by atoms with Gasteiger partial charge in [0, 0.05) is 22.7 Å². The molecule has 2 heterocycles. The molecule has 0 fully saturated rings. The van der Waals surface area contributed by atoms with Crippen molar-refractivity contribution in [2.45, 2.75) is 26.4 Å². The monoisotopic (exact) mass is 305 g/mol. The third-order valence-electron chi connectivity index (χ3n) is 4.23. The summed E-state index contributed by atoms with van der Waals surface area (Å²) in [5.74, 6) is -0.814. The van der Waals surface area contributed by atoms with Crippen LogP contribution in [0.5, 0.6) is 0 Å². The predicted octanol–water partition coefficient (Wildman–Crippen LogP) is 2.90. The molecule has 2 aromatic rings. The summed E-state index contributed by atoms with van der Waals surface area (Å²) < 4.78 is 0. The van der Waals surface area contributed by atoms with Gasteiger partial charge in [-0.15, -0.1) is 0 Å². The Hall–Kier alpha value is -2.96. The van der Waals surface area contributed by atoms with Gasteiger partial charge in [0.1, 0.15) is 0 Å². The van der Waals surface area contributed by atoms with Crippen molar-refractivity contribution in [1.82, 2.24) is 10.2 Å². The first kappa shape index (κ1) is 15.0. The number of fused-ring (bicyclic) bond motifs is 1. The number of nitriles is 1. The number of nitrogens with zero attached hydrogens (tertiary/aromatic N) is 4. The van der Waals surface area contributed by atoms with Crippen LogP contribution in [0.2, 0.25) is 0 Å². The molecular formula is C17H15N5O. The largest absolute Gasteiger partial charge is 0.390 e. The lowest BCUT2D eigenvalue weighted by molar-refractivity contribution is 0.278. The molecule has 0 aliphatic carbocycles. The molecule has 3 rings (SSSR count). The summed E-state index contributed by atoms with van der Waals surface area (Å²) in [6.45, 7) is 11.0. The van der Waals surface area contributed by atoms with Crippen LogP contribution in [0.25, 0.3) is 15.7 Å². The predicted molar refractivity (Wildman–Crippen MR) is 86.3 cm³/mol. The molecule has 1 aliphatic rings. The molecule has 0 spiro atoms. The molecule has 0 saturated heterocycles. The second-order valence-corrected chi connectivity index (χ2v) is 5.56. The number of nitrogens with one attached hydrogen (secondary N) is 1. The van der Waals surface area contributed by atoms with Crippen LogP contribution in [-0.4, -0.2) is 21.0 Å². The SMILES string of the molecule is [C-]#[N+]C1=C(C)N=C(C)C(C#N)C1c1ccc2n[nH]c(CO)c2c1. The van der Waals surface area contributed by atoms with Gasteiger partial charge in [0.15, 0.2) is 5.70 Å². The summed E-state index contributed by atoms with van der Waals surface area (Å²) in [5.41, 5.74) is 4.11. The number of aliphatic hydroxyl groups excluding tert-OH is 1. The molecule has 23 heavy (non-hydrogen) atoms. The Morgan fingerprint density at radius 2 is 2.22 bits per heavy atom. The van der Waals surface area contributed by atoms with E-state index < -0.39 is 5.92 Å². The minimum atomic E-state index is -0.468. The van der Waals surface area contributed by atoms with Gasteiger partial charge in [0.2, 0.25) is 0 Å². The van der Waals surface area contributed by atoms with E-state index in [2.05, 4.69) is 26.1 Å². The Kier molecular flexibility index (Phi) is 3.69. The van der Waals surface area contributed by atoms with Gasteiger partial charge in [0.05, 0.1) is 36.4 Å². The molecule has 2 unspecified atom stereocenters. The molecule has 6 nitrogen and oxygen atoms in total. The van der Waals surface area contributed by atoms with E-state index in [1.807, 2.05) is 25.1 Å². The Morgan fingerprint density at radius 3 is 2.87 bits per heavy atom. The Bertz CT molecular complexity index is 923. The van der Waals surface area contributed by atoms with Gasteiger partial charge >= 0.3 is 0 Å². The van der Waals surface area contributed by atoms with Gasteiger partial charge in [-0.05, 0) is 31.5 Å². The highest BCUT2D eigenvalue weighted by Crippen LogP contribution is 2.40. The van der Waals surface area contributed by atoms with E-state index in [0.29, 0.717) is 17.1 Å². The number of benzene rings is 1. The third kappa shape index (κ3) is 2.30. The quantitative estimate of drug-likeness (QED) is 0.836. The van der Waals surface area contributed by atoms with Crippen LogP contribution in [0, 0.1) is 23.8 Å². The summed E-state index contributed by atoms with van der Waals surface area (Å²) in [4.78, 5) is 7.98. The molecular weight excluding hydrogens is 290 g/mol. The Labute approximate surface area is 133 Å². The van der Waals surface area contributed by atoms with Crippen LogP contribution in [0.3, 0.4) is 0 Å². The molecule has 2 atom stereocenters. The maximum absolute atomic E-state index is 9.55. The van der Waals surface area contributed by atoms with Crippen LogP contribution in [-0.2, 0) is 6.61 Å². The van der Waals surface area contributed by atoms with E-state index in [4.69, 9.17) is 6.57 Å². The van der Waals surface area contributed by atoms with Gasteiger partial charge in [-0.25, -0.2) is 4.85 Å². The van der Waals surface area contributed by atoms with Gasteiger partial charge in [-0.1, -0.05) is 6.07 Å². The number of hydrogen-bond acceptors (Lipinski definition) is 4. The molecule has 0 saturated carbocycles. The van der Waals surface area contributed by atoms with Crippen molar-refractivity contribution in [3.05, 3.63) is 52.3 Å². The van der Waals surface area contributed by atoms with E-state index in [9.17, 15) is 10.4 Å². The zero-order valence-corrected chi connectivity index (χ0v) is 12.8. The van der Waals surface area contributed by atoms with Gasteiger partial charge in [-0.2, -0.15) is 10.4 Å². The summed E-state index contributed by atoms with van der Waals surface area (Å²) in [6.07, 6.45) is 0. The maximum atomic E-state index is 9.55. The van der Waals surface area contributed by atoms with Crippen molar-refractivity contribution < 1.29 is 5.11 Å². The van der Waals surface area contributed by atoms with Crippen molar-refractivity contribution in [1.29, 1.82) is 5.26 Å². The number of hydrogen-bond donors (Lipinski definition) is 2. The van der Waals surface area contributed by atoms with E-state index in [1.54, 1.807) is 6.92 Å². The lowest BCUT2D eigenvalue weighted by Crippen LogP contribution is -2.24. The molecule has 1 aliphatic heterocycles. The average Bonchev–Trinajstić information content (AvgIpc) is 2.96. The standard InChI is InChI=1S/C17H15N5O/c1-9-13(7-18)16(17(19-3)10(2)20-9)11-4-5-14-12(6-11)15(8-23)22-21-14/h4-6,13,16,23H,8H2,1-2H3,(H,21,22). The third-order valence-corrected chi connectivity index (χ3v) is 4.23. The highest BCUT2D eigenvalue weighted by molar-refractivity contribution is 5.91. The molecule has 0 amide bonds. The van der Waals surface area contributed by atoms with Crippen LogP contribution < -0.4 is 0 Å². The second kappa shape index (κ2) is 5.68. The van der Waals surface area contributed by atoms with E-state index in [1.165, 1.54) is 0 Å². The molecule has 1 aromatic heterocycles. The van der Waals surface area contributed by atoms with Gasteiger partial charge < -0.3 is 5.11 Å². The van der Waals surface area contributed by atoms with Crippen molar-refractivity contribution in [3.8, 4) is 6.07 Å². The number of aliphatic hydroxyl groups is 1. The number of aromatic amines is 1. The van der Waals surface area contributed by atoms with E-state index in [0.717, 1.165) is 22.2 Å². The Balaban J connectivity index is 2.21. The maximum Gasteiger partial charge on any atom is 0.195 e. The number of rotatable bonds is 2. The highest BCUT2D eigenvalue weighted by Gasteiger charge is 2.34. The highest BCUT2D eigenvalue weighted by atomic mass is 16.3.